The molecule has 0 aliphatic carbocycles. The van der Waals surface area contributed by atoms with E-state index in [1.807, 2.05) is 5.38 Å². The number of nitrogens with two attached hydrogens (primary N) is 1. The zero-order valence-corrected chi connectivity index (χ0v) is 12.6. The number of carbonyl (C=O) groups excluding carboxylic acids is 1. The fraction of sp³-hybridized carbons (Fsp3) is 0.214. The highest BCUT2D eigenvalue weighted by atomic mass is 32.1. The summed E-state index contributed by atoms with van der Waals surface area (Å²) < 4.78 is 0. The second kappa shape index (κ2) is 6.54. The molecule has 0 radical (unpaired) electrons. The molecule has 1 atom stereocenters. The summed E-state index contributed by atoms with van der Waals surface area (Å²) in [4.78, 5) is 22.4. The highest BCUT2D eigenvalue weighted by Crippen LogP contribution is 2.27. The second-order valence-electron chi connectivity index (χ2n) is 4.78. The molecule has 8 heteroatoms. The number of aliphatic hydroxyl groups is 1. The summed E-state index contributed by atoms with van der Waals surface area (Å²) in [6.45, 7) is 1.64. The Bertz CT molecular complexity index is 700. The molecule has 1 aromatic carbocycles. The molecule has 0 saturated heterocycles. The zero-order chi connectivity index (χ0) is 16.3. The van der Waals surface area contributed by atoms with Gasteiger partial charge in [0.25, 0.3) is 11.6 Å². The largest absolute Gasteiger partial charge is 0.393 e. The van der Waals surface area contributed by atoms with Gasteiger partial charge in [0.1, 0.15) is 5.69 Å². The van der Waals surface area contributed by atoms with Gasteiger partial charge in [0.15, 0.2) is 0 Å². The SMILES string of the molecule is Cc1cc(C(=O)NCC(O)c2ccsc2)c(N)c([N+](=O)[O-])c1. The Morgan fingerprint density at radius 2 is 2.27 bits per heavy atom. The van der Waals surface area contributed by atoms with Gasteiger partial charge in [0, 0.05) is 12.6 Å². The number of amides is 1. The predicted octanol–water partition coefficient (Wildman–Crippen LogP) is 2.01. The molecule has 22 heavy (non-hydrogen) atoms. The minimum Gasteiger partial charge on any atom is -0.393 e. The number of benzene rings is 1. The molecule has 0 spiro atoms. The Morgan fingerprint density at radius 1 is 1.55 bits per heavy atom. The molecule has 0 aliphatic rings. The van der Waals surface area contributed by atoms with Gasteiger partial charge in [0.2, 0.25) is 0 Å². The highest BCUT2D eigenvalue weighted by Gasteiger charge is 2.21. The van der Waals surface area contributed by atoms with Gasteiger partial charge in [-0.1, -0.05) is 0 Å². The van der Waals surface area contributed by atoms with Crippen LogP contribution in [0.25, 0.3) is 0 Å². The number of aryl methyl sites for hydroxylation is 1. The molecule has 4 N–H and O–H groups in total. The maximum absolute atomic E-state index is 12.1. The van der Waals surface area contributed by atoms with Crippen molar-refractivity contribution in [1.82, 2.24) is 5.32 Å². The van der Waals surface area contributed by atoms with E-state index in [2.05, 4.69) is 5.32 Å². The van der Waals surface area contributed by atoms with E-state index >= 15 is 0 Å². The maximum atomic E-state index is 12.1. The van der Waals surface area contributed by atoms with Gasteiger partial charge in [-0.05, 0) is 40.9 Å². The Kier molecular flexibility index (Phi) is 4.74. The van der Waals surface area contributed by atoms with Crippen molar-refractivity contribution >= 4 is 28.6 Å². The van der Waals surface area contributed by atoms with E-state index in [1.54, 1.807) is 18.4 Å². The summed E-state index contributed by atoms with van der Waals surface area (Å²) in [5.41, 5.74) is 6.50. The first-order valence-corrected chi connectivity index (χ1v) is 7.37. The fourth-order valence-corrected chi connectivity index (χ4v) is 2.69. The summed E-state index contributed by atoms with van der Waals surface area (Å²) in [6, 6.07) is 4.55. The molecule has 0 saturated carbocycles. The third kappa shape index (κ3) is 3.41. The molecule has 116 valence electrons. The summed E-state index contributed by atoms with van der Waals surface area (Å²) in [5.74, 6) is -0.557. The number of anilines is 1. The van der Waals surface area contributed by atoms with Crippen molar-refractivity contribution in [2.75, 3.05) is 12.3 Å². The normalized spacial score (nSPS) is 11.9. The highest BCUT2D eigenvalue weighted by molar-refractivity contribution is 7.07. The van der Waals surface area contributed by atoms with Crippen molar-refractivity contribution in [3.05, 3.63) is 55.8 Å². The molecule has 0 fully saturated rings. The lowest BCUT2D eigenvalue weighted by atomic mass is 10.1. The van der Waals surface area contributed by atoms with E-state index in [-0.39, 0.29) is 23.5 Å². The summed E-state index contributed by atoms with van der Waals surface area (Å²) in [6.07, 6.45) is -0.837. The molecule has 1 unspecified atom stereocenters. The van der Waals surface area contributed by atoms with Crippen molar-refractivity contribution in [3.8, 4) is 0 Å². The average molecular weight is 321 g/mol. The molecular weight excluding hydrogens is 306 g/mol. The van der Waals surface area contributed by atoms with Crippen LogP contribution in [0.3, 0.4) is 0 Å². The van der Waals surface area contributed by atoms with Gasteiger partial charge in [-0.3, -0.25) is 14.9 Å². The van der Waals surface area contributed by atoms with Gasteiger partial charge in [-0.25, -0.2) is 0 Å². The summed E-state index contributed by atoms with van der Waals surface area (Å²) in [5, 5.41) is 27.0. The van der Waals surface area contributed by atoms with Crippen molar-refractivity contribution in [2.45, 2.75) is 13.0 Å². The number of nitro benzene ring substituents is 1. The number of hydrogen-bond acceptors (Lipinski definition) is 6. The van der Waals surface area contributed by atoms with E-state index in [0.717, 1.165) is 0 Å². The number of aliphatic hydroxyl groups excluding tert-OH is 1. The lowest BCUT2D eigenvalue weighted by molar-refractivity contribution is -0.384. The number of carbonyl (C=O) groups is 1. The van der Waals surface area contributed by atoms with Crippen molar-refractivity contribution in [2.24, 2.45) is 0 Å². The van der Waals surface area contributed by atoms with Crippen LogP contribution in [-0.2, 0) is 0 Å². The molecule has 2 rings (SSSR count). The van der Waals surface area contributed by atoms with Gasteiger partial charge in [-0.15, -0.1) is 0 Å². The van der Waals surface area contributed by atoms with Crippen LogP contribution >= 0.6 is 11.3 Å². The van der Waals surface area contributed by atoms with Crippen molar-refractivity contribution in [3.63, 3.8) is 0 Å². The van der Waals surface area contributed by atoms with Gasteiger partial charge in [0.05, 0.1) is 16.6 Å². The maximum Gasteiger partial charge on any atom is 0.293 e. The molecule has 1 heterocycles. The Hall–Kier alpha value is -2.45. The minimum atomic E-state index is -0.837. The lowest BCUT2D eigenvalue weighted by Crippen LogP contribution is -2.29. The third-order valence-electron chi connectivity index (χ3n) is 3.13. The van der Waals surface area contributed by atoms with Crippen LogP contribution in [0.2, 0.25) is 0 Å². The second-order valence-corrected chi connectivity index (χ2v) is 5.56. The van der Waals surface area contributed by atoms with Crippen LogP contribution in [-0.4, -0.2) is 22.5 Å². The van der Waals surface area contributed by atoms with E-state index in [9.17, 15) is 20.0 Å². The van der Waals surface area contributed by atoms with Crippen molar-refractivity contribution in [1.29, 1.82) is 0 Å². The van der Waals surface area contributed by atoms with Gasteiger partial charge in [-0.2, -0.15) is 11.3 Å². The molecular formula is C14H15N3O4S. The zero-order valence-electron chi connectivity index (χ0n) is 11.8. The number of nitrogens with one attached hydrogen (secondary N) is 1. The van der Waals surface area contributed by atoms with Crippen molar-refractivity contribution < 1.29 is 14.8 Å². The van der Waals surface area contributed by atoms with E-state index in [0.29, 0.717) is 11.1 Å². The van der Waals surface area contributed by atoms with E-state index < -0.39 is 16.9 Å². The number of nitrogen functional groups attached to an aromatic ring is 1. The monoisotopic (exact) mass is 321 g/mol. The van der Waals surface area contributed by atoms with Crippen LogP contribution in [0.1, 0.15) is 27.6 Å². The minimum absolute atomic E-state index is 0.00323. The first-order valence-electron chi connectivity index (χ1n) is 6.43. The number of hydrogen-bond donors (Lipinski definition) is 3. The standard InChI is InChI=1S/C14H15N3O4S/c1-8-4-10(13(15)11(5-8)17(20)21)14(19)16-6-12(18)9-2-3-22-7-9/h2-5,7,12,18H,6,15H2,1H3,(H,16,19). The van der Waals surface area contributed by atoms with E-state index in [1.165, 1.54) is 23.5 Å². The number of nitrogens with zero attached hydrogens (tertiary/aromatic N) is 1. The van der Waals surface area contributed by atoms with Crippen LogP contribution in [0.5, 0.6) is 0 Å². The van der Waals surface area contributed by atoms with Crippen LogP contribution < -0.4 is 11.1 Å². The molecule has 1 amide bonds. The van der Waals surface area contributed by atoms with Crippen LogP contribution in [0, 0.1) is 17.0 Å². The molecule has 0 bridgehead atoms. The Morgan fingerprint density at radius 3 is 2.86 bits per heavy atom. The number of rotatable bonds is 5. The smallest absolute Gasteiger partial charge is 0.293 e. The first-order chi connectivity index (χ1) is 10.4. The summed E-state index contributed by atoms with van der Waals surface area (Å²) >= 11 is 1.44. The molecule has 0 aliphatic heterocycles. The van der Waals surface area contributed by atoms with Crippen LogP contribution in [0.15, 0.2) is 29.0 Å². The lowest BCUT2D eigenvalue weighted by Gasteiger charge is -2.12. The first kappa shape index (κ1) is 15.9. The number of nitro groups is 1. The molecule has 2 aromatic rings. The molecule has 7 nitrogen and oxygen atoms in total. The van der Waals surface area contributed by atoms with Gasteiger partial charge >= 0.3 is 0 Å². The molecule has 1 aromatic heterocycles. The fourth-order valence-electron chi connectivity index (χ4n) is 1.98. The van der Waals surface area contributed by atoms with Crippen LogP contribution in [0.4, 0.5) is 11.4 Å². The number of thiophene rings is 1. The Labute approximate surface area is 130 Å². The predicted molar refractivity (Wildman–Crippen MR) is 83.9 cm³/mol. The Balaban J connectivity index is 2.14. The average Bonchev–Trinajstić information content (AvgIpc) is 3.00. The van der Waals surface area contributed by atoms with Gasteiger partial charge < -0.3 is 16.2 Å². The third-order valence-corrected chi connectivity index (χ3v) is 3.83. The summed E-state index contributed by atoms with van der Waals surface area (Å²) in [7, 11) is 0. The van der Waals surface area contributed by atoms with E-state index in [4.69, 9.17) is 5.73 Å². The quantitative estimate of drug-likeness (QED) is 0.442. The topological polar surface area (TPSA) is 118 Å².